The molecule has 7 heteroatoms. The number of ether oxygens (including phenoxy) is 4. The number of hydrogen-bond acceptors (Lipinski definition) is 5. The van der Waals surface area contributed by atoms with E-state index in [-0.39, 0.29) is 0 Å². The van der Waals surface area contributed by atoms with Crippen LogP contribution in [0.25, 0.3) is 0 Å². The molecule has 0 bridgehead atoms. The molecule has 7 nitrogen and oxygen atoms in total. The highest BCUT2D eigenvalue weighted by molar-refractivity contribution is 5.79. The van der Waals surface area contributed by atoms with Gasteiger partial charge in [0, 0.05) is 38.9 Å². The Morgan fingerprint density at radius 3 is 2.21 bits per heavy atom. The van der Waals surface area contributed by atoms with Crippen LogP contribution in [0.5, 0.6) is 17.2 Å². The molecule has 28 heavy (non-hydrogen) atoms. The number of nitrogens with zero attached hydrogens (tertiary/aromatic N) is 1. The molecular formula is C21H29N3O4. The summed E-state index contributed by atoms with van der Waals surface area (Å²) in [5, 5.41) is 6.59. The molecule has 0 fully saturated rings. The van der Waals surface area contributed by atoms with Crippen molar-refractivity contribution in [1.29, 1.82) is 0 Å². The van der Waals surface area contributed by atoms with Crippen LogP contribution >= 0.6 is 0 Å². The van der Waals surface area contributed by atoms with E-state index in [2.05, 4.69) is 15.6 Å². The van der Waals surface area contributed by atoms with E-state index in [0.29, 0.717) is 32.3 Å². The molecule has 2 aromatic rings. The smallest absolute Gasteiger partial charge is 0.191 e. The average molecular weight is 387 g/mol. The molecule has 0 saturated heterocycles. The Hall–Kier alpha value is -2.93. The van der Waals surface area contributed by atoms with Crippen molar-refractivity contribution in [2.24, 2.45) is 4.99 Å². The third-order valence-corrected chi connectivity index (χ3v) is 4.10. The number of guanidine groups is 1. The van der Waals surface area contributed by atoms with Crippen LogP contribution in [0.2, 0.25) is 0 Å². The first kappa shape index (κ1) is 21.4. The topological polar surface area (TPSA) is 73.3 Å². The summed E-state index contributed by atoms with van der Waals surface area (Å²) in [6.45, 7) is 2.35. The SMILES string of the molecule is CN=C(NCc1ccc(OCCOC)cc1)NCc1ccc(OC)cc1OC. The summed E-state index contributed by atoms with van der Waals surface area (Å²) < 4.78 is 21.2. The van der Waals surface area contributed by atoms with Crippen LogP contribution in [0.3, 0.4) is 0 Å². The van der Waals surface area contributed by atoms with Gasteiger partial charge in [-0.25, -0.2) is 0 Å². The van der Waals surface area contributed by atoms with Crippen LogP contribution in [-0.2, 0) is 17.8 Å². The Morgan fingerprint density at radius 2 is 1.57 bits per heavy atom. The van der Waals surface area contributed by atoms with E-state index in [0.717, 1.165) is 28.4 Å². The molecule has 152 valence electrons. The van der Waals surface area contributed by atoms with E-state index >= 15 is 0 Å². The molecule has 0 heterocycles. The van der Waals surface area contributed by atoms with Gasteiger partial charge in [-0.1, -0.05) is 12.1 Å². The average Bonchev–Trinajstić information content (AvgIpc) is 2.75. The lowest BCUT2D eigenvalue weighted by atomic mass is 10.2. The molecule has 0 unspecified atom stereocenters. The maximum absolute atomic E-state index is 5.57. The minimum atomic E-state index is 0.541. The van der Waals surface area contributed by atoms with Crippen molar-refractivity contribution >= 4 is 5.96 Å². The van der Waals surface area contributed by atoms with Crippen LogP contribution in [0.4, 0.5) is 0 Å². The fourth-order valence-electron chi connectivity index (χ4n) is 2.53. The normalized spacial score (nSPS) is 11.1. The lowest BCUT2D eigenvalue weighted by Gasteiger charge is -2.14. The van der Waals surface area contributed by atoms with Crippen LogP contribution in [0.1, 0.15) is 11.1 Å². The van der Waals surface area contributed by atoms with Crippen LogP contribution in [0.15, 0.2) is 47.5 Å². The van der Waals surface area contributed by atoms with E-state index in [1.807, 2.05) is 42.5 Å². The number of benzene rings is 2. The van der Waals surface area contributed by atoms with Crippen LogP contribution in [0, 0.1) is 0 Å². The second kappa shape index (κ2) is 11.7. The second-order valence-corrected chi connectivity index (χ2v) is 5.94. The van der Waals surface area contributed by atoms with Crippen molar-refractivity contribution in [3.8, 4) is 17.2 Å². The molecule has 2 aromatic carbocycles. The van der Waals surface area contributed by atoms with Crippen molar-refractivity contribution in [1.82, 2.24) is 10.6 Å². The van der Waals surface area contributed by atoms with E-state index < -0.39 is 0 Å². The monoisotopic (exact) mass is 387 g/mol. The summed E-state index contributed by atoms with van der Waals surface area (Å²) in [6, 6.07) is 13.7. The molecule has 0 atom stereocenters. The molecular weight excluding hydrogens is 358 g/mol. The highest BCUT2D eigenvalue weighted by Crippen LogP contribution is 2.24. The lowest BCUT2D eigenvalue weighted by molar-refractivity contribution is 0.146. The highest BCUT2D eigenvalue weighted by atomic mass is 16.5. The van der Waals surface area contributed by atoms with Crippen molar-refractivity contribution < 1.29 is 18.9 Å². The number of hydrogen-bond donors (Lipinski definition) is 2. The summed E-state index contributed by atoms with van der Waals surface area (Å²) in [7, 11) is 6.68. The first-order valence-corrected chi connectivity index (χ1v) is 9.06. The van der Waals surface area contributed by atoms with Gasteiger partial charge in [-0.3, -0.25) is 4.99 Å². The fourth-order valence-corrected chi connectivity index (χ4v) is 2.53. The molecule has 0 spiro atoms. The van der Waals surface area contributed by atoms with Gasteiger partial charge in [0.2, 0.25) is 0 Å². The van der Waals surface area contributed by atoms with Gasteiger partial charge in [-0.05, 0) is 29.8 Å². The van der Waals surface area contributed by atoms with Gasteiger partial charge in [0.05, 0.1) is 20.8 Å². The summed E-state index contributed by atoms with van der Waals surface area (Å²) in [4.78, 5) is 4.27. The molecule has 0 radical (unpaired) electrons. The van der Waals surface area contributed by atoms with E-state index in [1.165, 1.54) is 0 Å². The Kier molecular flexibility index (Phi) is 8.94. The Morgan fingerprint density at radius 1 is 0.857 bits per heavy atom. The largest absolute Gasteiger partial charge is 0.497 e. The van der Waals surface area contributed by atoms with Gasteiger partial charge in [0.1, 0.15) is 23.9 Å². The zero-order chi connectivity index (χ0) is 20.2. The molecule has 0 aliphatic rings. The third kappa shape index (κ3) is 6.66. The fraction of sp³-hybridized carbons (Fsp3) is 0.381. The first-order chi connectivity index (χ1) is 13.7. The molecule has 0 aromatic heterocycles. The minimum absolute atomic E-state index is 0.541. The number of aliphatic imine (C=N–C) groups is 1. The van der Waals surface area contributed by atoms with E-state index in [9.17, 15) is 0 Å². The number of rotatable bonds is 10. The molecule has 0 aliphatic carbocycles. The molecule has 2 N–H and O–H groups in total. The van der Waals surface area contributed by atoms with Crippen LogP contribution < -0.4 is 24.8 Å². The summed E-state index contributed by atoms with van der Waals surface area (Å²) in [5.41, 5.74) is 2.15. The van der Waals surface area contributed by atoms with Crippen molar-refractivity contribution in [3.05, 3.63) is 53.6 Å². The van der Waals surface area contributed by atoms with Gasteiger partial charge < -0.3 is 29.6 Å². The zero-order valence-electron chi connectivity index (χ0n) is 17.0. The van der Waals surface area contributed by atoms with Gasteiger partial charge in [0.15, 0.2) is 5.96 Å². The van der Waals surface area contributed by atoms with Crippen molar-refractivity contribution in [2.75, 3.05) is 41.6 Å². The summed E-state index contributed by atoms with van der Waals surface area (Å²) >= 11 is 0. The Balaban J connectivity index is 1.84. The van der Waals surface area contributed by atoms with E-state index in [4.69, 9.17) is 18.9 Å². The molecule has 0 aliphatic heterocycles. The van der Waals surface area contributed by atoms with Crippen molar-refractivity contribution in [3.63, 3.8) is 0 Å². The zero-order valence-corrected chi connectivity index (χ0v) is 17.0. The highest BCUT2D eigenvalue weighted by Gasteiger charge is 2.06. The lowest BCUT2D eigenvalue weighted by Crippen LogP contribution is -2.36. The van der Waals surface area contributed by atoms with Gasteiger partial charge in [-0.15, -0.1) is 0 Å². The number of nitrogens with one attached hydrogen (secondary N) is 2. The van der Waals surface area contributed by atoms with Crippen molar-refractivity contribution in [2.45, 2.75) is 13.1 Å². The molecule has 0 saturated carbocycles. The van der Waals surface area contributed by atoms with Gasteiger partial charge in [-0.2, -0.15) is 0 Å². The third-order valence-electron chi connectivity index (χ3n) is 4.10. The van der Waals surface area contributed by atoms with E-state index in [1.54, 1.807) is 28.4 Å². The maximum Gasteiger partial charge on any atom is 0.191 e. The van der Waals surface area contributed by atoms with Gasteiger partial charge in [0.25, 0.3) is 0 Å². The minimum Gasteiger partial charge on any atom is -0.497 e. The summed E-state index contributed by atoms with van der Waals surface area (Å²) in [6.07, 6.45) is 0. The van der Waals surface area contributed by atoms with Gasteiger partial charge >= 0.3 is 0 Å². The molecule has 0 amide bonds. The predicted molar refractivity (Wildman–Crippen MR) is 110 cm³/mol. The number of methoxy groups -OCH3 is 3. The second-order valence-electron chi connectivity index (χ2n) is 5.94. The Bertz CT molecular complexity index is 748. The molecule has 2 rings (SSSR count). The quantitative estimate of drug-likeness (QED) is 0.371. The predicted octanol–water partition coefficient (Wildman–Crippen LogP) is 2.59. The summed E-state index contributed by atoms with van der Waals surface area (Å²) in [5.74, 6) is 3.07. The first-order valence-electron chi connectivity index (χ1n) is 9.06. The standard InChI is InChI=1S/C21H29N3O4/c1-22-21(24-15-17-7-10-19(26-3)13-20(17)27-4)23-14-16-5-8-18(9-6-16)28-12-11-25-2/h5-10,13H,11-12,14-15H2,1-4H3,(H2,22,23,24). The Labute approximate surface area is 166 Å². The van der Waals surface area contributed by atoms with Crippen LogP contribution in [-0.4, -0.2) is 47.6 Å². The maximum atomic E-state index is 5.57.